The summed E-state index contributed by atoms with van der Waals surface area (Å²) in [6.45, 7) is 2.89. The predicted octanol–water partition coefficient (Wildman–Crippen LogP) is 3.61. The van der Waals surface area contributed by atoms with Gasteiger partial charge in [-0.1, -0.05) is 24.3 Å². The lowest BCUT2D eigenvalue weighted by molar-refractivity contribution is -0.148. The molecular formula is C21H18N2O5. The average molecular weight is 378 g/mol. The Balaban J connectivity index is 1.57. The molecule has 1 N–H and O–H groups in total. The van der Waals surface area contributed by atoms with Crippen molar-refractivity contribution >= 4 is 40.5 Å². The van der Waals surface area contributed by atoms with Crippen LogP contribution >= 0.6 is 0 Å². The Morgan fingerprint density at radius 2 is 1.93 bits per heavy atom. The quantitative estimate of drug-likeness (QED) is 0.400. The van der Waals surface area contributed by atoms with Gasteiger partial charge in [-0.25, -0.2) is 9.78 Å². The van der Waals surface area contributed by atoms with Crippen LogP contribution in [0.15, 0.2) is 59.0 Å². The molecule has 1 amide bonds. The van der Waals surface area contributed by atoms with Crippen molar-refractivity contribution in [3.63, 3.8) is 0 Å². The van der Waals surface area contributed by atoms with Gasteiger partial charge in [0.2, 0.25) is 5.89 Å². The zero-order valence-corrected chi connectivity index (χ0v) is 15.3. The molecule has 7 nitrogen and oxygen atoms in total. The number of aromatic nitrogens is 1. The molecule has 0 fully saturated rings. The molecule has 7 heteroatoms. The second-order valence-corrected chi connectivity index (χ2v) is 6.06. The summed E-state index contributed by atoms with van der Waals surface area (Å²) in [5.41, 5.74) is 2.21. The molecule has 1 atom stereocenters. The molecule has 0 saturated carbocycles. The van der Waals surface area contributed by atoms with Gasteiger partial charge in [0.1, 0.15) is 5.52 Å². The molecule has 142 valence electrons. The summed E-state index contributed by atoms with van der Waals surface area (Å²) in [6.07, 6.45) is 1.50. The number of Topliss-reactive ketones (excluding diaryl/α,β-unsaturated/α-hetero) is 1. The van der Waals surface area contributed by atoms with Crippen molar-refractivity contribution in [3.05, 3.63) is 66.1 Å². The van der Waals surface area contributed by atoms with Crippen LogP contribution in [0.4, 0.5) is 5.69 Å². The topological polar surface area (TPSA) is 98.5 Å². The SMILES string of the molecule is CC(=O)c1cccc(NC(=O)[C@@H](C)OC(=O)/C=C/c2nc3ccccc3o2)c1. The highest BCUT2D eigenvalue weighted by Crippen LogP contribution is 2.16. The summed E-state index contributed by atoms with van der Waals surface area (Å²) in [4.78, 5) is 39.7. The first kappa shape index (κ1) is 19.0. The Hall–Kier alpha value is -3.74. The van der Waals surface area contributed by atoms with Crippen LogP contribution in [0, 0.1) is 0 Å². The van der Waals surface area contributed by atoms with Crippen molar-refractivity contribution in [2.75, 3.05) is 5.32 Å². The number of oxazole rings is 1. The van der Waals surface area contributed by atoms with E-state index >= 15 is 0 Å². The Labute approximate surface area is 161 Å². The van der Waals surface area contributed by atoms with Crippen LogP contribution < -0.4 is 5.32 Å². The number of anilines is 1. The second-order valence-electron chi connectivity index (χ2n) is 6.06. The lowest BCUT2D eigenvalue weighted by Gasteiger charge is -2.12. The van der Waals surface area contributed by atoms with E-state index in [1.807, 2.05) is 12.1 Å². The largest absolute Gasteiger partial charge is 0.449 e. The third kappa shape index (κ3) is 4.70. The lowest BCUT2D eigenvalue weighted by atomic mass is 10.1. The van der Waals surface area contributed by atoms with Gasteiger partial charge in [0.05, 0.1) is 0 Å². The molecule has 0 aliphatic heterocycles. The molecule has 1 heterocycles. The predicted molar refractivity (Wildman–Crippen MR) is 104 cm³/mol. The van der Waals surface area contributed by atoms with Crippen molar-refractivity contribution in [1.82, 2.24) is 4.98 Å². The first-order valence-corrected chi connectivity index (χ1v) is 8.58. The van der Waals surface area contributed by atoms with Crippen molar-refractivity contribution in [2.24, 2.45) is 0 Å². The maximum Gasteiger partial charge on any atom is 0.331 e. The van der Waals surface area contributed by atoms with Gasteiger partial charge < -0.3 is 14.5 Å². The van der Waals surface area contributed by atoms with Crippen LogP contribution in [-0.4, -0.2) is 28.7 Å². The van der Waals surface area contributed by atoms with E-state index in [0.717, 1.165) is 6.08 Å². The number of para-hydroxylation sites is 2. The van der Waals surface area contributed by atoms with E-state index in [2.05, 4.69) is 10.3 Å². The van der Waals surface area contributed by atoms with Crippen LogP contribution in [0.5, 0.6) is 0 Å². The lowest BCUT2D eigenvalue weighted by Crippen LogP contribution is -2.29. The second kappa shape index (κ2) is 8.30. The number of fused-ring (bicyclic) bond motifs is 1. The number of esters is 1. The number of rotatable bonds is 6. The van der Waals surface area contributed by atoms with Gasteiger partial charge >= 0.3 is 5.97 Å². The molecule has 28 heavy (non-hydrogen) atoms. The van der Waals surface area contributed by atoms with Gasteiger partial charge in [0, 0.05) is 23.4 Å². The highest BCUT2D eigenvalue weighted by atomic mass is 16.5. The molecule has 0 aliphatic carbocycles. The molecule has 2 aromatic carbocycles. The fraction of sp³-hybridized carbons (Fsp3) is 0.143. The number of hydrogen-bond donors (Lipinski definition) is 1. The monoisotopic (exact) mass is 378 g/mol. The summed E-state index contributed by atoms with van der Waals surface area (Å²) in [6, 6.07) is 13.7. The number of benzene rings is 2. The highest BCUT2D eigenvalue weighted by Gasteiger charge is 2.17. The number of nitrogens with one attached hydrogen (secondary N) is 1. The zero-order valence-electron chi connectivity index (χ0n) is 15.3. The van der Waals surface area contributed by atoms with Gasteiger partial charge in [-0.15, -0.1) is 0 Å². The van der Waals surface area contributed by atoms with E-state index in [9.17, 15) is 14.4 Å². The van der Waals surface area contributed by atoms with Gasteiger partial charge in [0.15, 0.2) is 17.5 Å². The van der Waals surface area contributed by atoms with Crippen LogP contribution in [0.25, 0.3) is 17.2 Å². The number of hydrogen-bond acceptors (Lipinski definition) is 6. The third-order valence-corrected chi connectivity index (χ3v) is 3.87. The van der Waals surface area contributed by atoms with Crippen LogP contribution in [0.3, 0.4) is 0 Å². The number of nitrogens with zero attached hydrogens (tertiary/aromatic N) is 1. The number of ketones is 1. The summed E-state index contributed by atoms with van der Waals surface area (Å²) in [7, 11) is 0. The molecule has 0 bridgehead atoms. The first-order chi connectivity index (χ1) is 13.4. The molecule has 0 spiro atoms. The number of ether oxygens (including phenoxy) is 1. The number of amides is 1. The van der Waals surface area contributed by atoms with Crippen molar-refractivity contribution in [1.29, 1.82) is 0 Å². The fourth-order valence-electron chi connectivity index (χ4n) is 2.43. The highest BCUT2D eigenvalue weighted by molar-refractivity contribution is 5.99. The van der Waals surface area contributed by atoms with Crippen LogP contribution in [0.2, 0.25) is 0 Å². The molecule has 1 aromatic heterocycles. The third-order valence-electron chi connectivity index (χ3n) is 3.87. The van der Waals surface area contributed by atoms with E-state index in [4.69, 9.17) is 9.15 Å². The molecule has 0 unspecified atom stereocenters. The maximum atomic E-state index is 12.2. The Morgan fingerprint density at radius 1 is 1.14 bits per heavy atom. The smallest absolute Gasteiger partial charge is 0.331 e. The maximum absolute atomic E-state index is 12.2. The molecule has 0 aliphatic rings. The van der Waals surface area contributed by atoms with Crippen molar-refractivity contribution < 1.29 is 23.5 Å². The summed E-state index contributed by atoms with van der Waals surface area (Å²) in [5.74, 6) is -1.07. The standard InChI is InChI=1S/C21H18N2O5/c1-13(24)15-6-5-7-16(12-15)22-21(26)14(2)27-20(25)11-10-19-23-17-8-3-4-9-18(17)28-19/h3-12,14H,1-2H3,(H,22,26)/b11-10+/t14-/m1/s1. The molecule has 0 saturated heterocycles. The van der Waals surface area contributed by atoms with Crippen LogP contribution in [-0.2, 0) is 14.3 Å². The Bertz CT molecular complexity index is 1030. The normalized spacial score (nSPS) is 12.1. The number of carbonyl (C=O) groups excluding carboxylic acids is 3. The van der Waals surface area contributed by atoms with Crippen LogP contribution in [0.1, 0.15) is 30.1 Å². The van der Waals surface area contributed by atoms with E-state index in [0.29, 0.717) is 22.4 Å². The van der Waals surface area contributed by atoms with E-state index in [-0.39, 0.29) is 11.7 Å². The summed E-state index contributed by atoms with van der Waals surface area (Å²) in [5, 5.41) is 2.61. The van der Waals surface area contributed by atoms with Gasteiger partial charge in [-0.05, 0) is 38.1 Å². The summed E-state index contributed by atoms with van der Waals surface area (Å²) >= 11 is 0. The first-order valence-electron chi connectivity index (χ1n) is 8.58. The minimum atomic E-state index is -1.03. The van der Waals surface area contributed by atoms with Gasteiger partial charge in [0.25, 0.3) is 5.91 Å². The van der Waals surface area contributed by atoms with Gasteiger partial charge in [-0.2, -0.15) is 0 Å². The van der Waals surface area contributed by atoms with E-state index < -0.39 is 18.0 Å². The zero-order chi connectivity index (χ0) is 20.1. The number of carbonyl (C=O) groups is 3. The Kier molecular flexibility index (Phi) is 5.64. The van der Waals surface area contributed by atoms with Crippen molar-refractivity contribution in [3.8, 4) is 0 Å². The van der Waals surface area contributed by atoms with E-state index in [1.165, 1.54) is 19.9 Å². The fourth-order valence-corrected chi connectivity index (χ4v) is 2.43. The van der Waals surface area contributed by atoms with Gasteiger partial charge in [-0.3, -0.25) is 9.59 Å². The molecule has 3 rings (SSSR count). The minimum Gasteiger partial charge on any atom is -0.449 e. The van der Waals surface area contributed by atoms with E-state index in [1.54, 1.807) is 36.4 Å². The molecule has 0 radical (unpaired) electrons. The minimum absolute atomic E-state index is 0.111. The molecule has 3 aromatic rings. The summed E-state index contributed by atoms with van der Waals surface area (Å²) < 4.78 is 10.6. The average Bonchev–Trinajstić information content (AvgIpc) is 3.09. The Morgan fingerprint density at radius 3 is 2.68 bits per heavy atom. The van der Waals surface area contributed by atoms with Crippen molar-refractivity contribution in [2.45, 2.75) is 20.0 Å². The molecular weight excluding hydrogens is 360 g/mol.